The first kappa shape index (κ1) is 44.3. The fraction of sp³-hybridized carbons (Fsp3) is 0.930. The molecule has 55 heavy (non-hydrogen) atoms. The third kappa shape index (κ3) is 8.12. The second-order valence-corrected chi connectivity index (χ2v) is 18.3. The van der Waals surface area contributed by atoms with Crippen molar-refractivity contribution in [2.75, 3.05) is 6.61 Å². The van der Waals surface area contributed by atoms with Crippen molar-refractivity contribution < 1.29 is 58.0 Å². The van der Waals surface area contributed by atoms with E-state index in [1.807, 2.05) is 0 Å². The molecule has 8 bridgehead atoms. The smallest absolute Gasteiger partial charge is 0.481 e. The van der Waals surface area contributed by atoms with E-state index in [9.17, 15) is 14.4 Å². The average molecular weight is 781 g/mol. The molecule has 316 valence electrons. The van der Waals surface area contributed by atoms with Crippen molar-refractivity contribution in [1.29, 1.82) is 0 Å². The van der Waals surface area contributed by atoms with Gasteiger partial charge in [-0.1, -0.05) is 29.7 Å². The molecule has 4 spiro atoms. The quantitative estimate of drug-likeness (QED) is 0.161. The Hall–Kier alpha value is -1.83. The Kier molecular flexibility index (Phi) is 13.5. The second-order valence-electron chi connectivity index (χ2n) is 18.3. The summed E-state index contributed by atoms with van der Waals surface area (Å²) in [4.78, 5) is 58.3. The monoisotopic (exact) mass is 781 g/mol. The Morgan fingerprint density at radius 2 is 1.00 bits per heavy atom. The lowest BCUT2D eigenvalue weighted by atomic mass is 9.53. The van der Waals surface area contributed by atoms with Gasteiger partial charge < -0.3 is 24.1 Å². The van der Waals surface area contributed by atoms with Gasteiger partial charge in [-0.3, -0.25) is 9.59 Å². The van der Waals surface area contributed by atoms with Crippen molar-refractivity contribution in [2.24, 2.45) is 59.2 Å². The van der Waals surface area contributed by atoms with Crippen LogP contribution in [0.1, 0.15) is 165 Å². The van der Waals surface area contributed by atoms with Gasteiger partial charge in [0.2, 0.25) is 23.1 Å². The van der Waals surface area contributed by atoms with Crippen LogP contribution in [0.5, 0.6) is 0 Å². The van der Waals surface area contributed by atoms with Crippen molar-refractivity contribution in [3.05, 3.63) is 0 Å². The lowest BCUT2D eigenvalue weighted by molar-refractivity contribution is -0.390. The minimum atomic E-state index is -0.928. The lowest BCUT2D eigenvalue weighted by Gasteiger charge is -2.57. The summed E-state index contributed by atoms with van der Waals surface area (Å²) >= 11 is 0. The second kappa shape index (κ2) is 16.8. The molecule has 0 aromatic carbocycles. The molecule has 1 N–H and O–H groups in total. The zero-order valence-electron chi connectivity index (χ0n) is 30.1. The molecule has 10 aliphatic carbocycles. The van der Waals surface area contributed by atoms with Gasteiger partial charge in [0.15, 0.2) is 0 Å². The van der Waals surface area contributed by atoms with Crippen LogP contribution in [0.15, 0.2) is 0 Å². The predicted molar refractivity (Wildman–Crippen MR) is 202 cm³/mol. The number of carboxylic acids is 1. The summed E-state index contributed by atoms with van der Waals surface area (Å²) in [5.41, 5.74) is 0. The number of hydrogen-bond acceptors (Lipinski definition) is 11. The maximum atomic E-state index is 12.1. The third-order valence-corrected chi connectivity index (χ3v) is 14.8. The average Bonchev–Trinajstić information content (AvgIpc) is 3.62. The Morgan fingerprint density at radius 3 is 1.38 bits per heavy atom. The zero-order valence-corrected chi connectivity index (χ0v) is 30.1. The van der Waals surface area contributed by atoms with E-state index in [-0.39, 0.29) is 61.0 Å². The van der Waals surface area contributed by atoms with Crippen LogP contribution in [0.4, 0.5) is 4.79 Å². The third-order valence-electron chi connectivity index (χ3n) is 14.8. The number of esters is 1. The lowest BCUT2D eigenvalue weighted by Crippen LogP contribution is -2.59. The van der Waals surface area contributed by atoms with Crippen LogP contribution in [-0.2, 0) is 48.1 Å². The summed E-state index contributed by atoms with van der Waals surface area (Å²) in [5.74, 6) is 1.51. The van der Waals surface area contributed by atoms with Crippen molar-refractivity contribution in [2.45, 2.75) is 188 Å². The SMILES string of the molecule is C.C.C.C.CCOC(=O)OC(=O)C[C@@H]1CCC[C@]2(C1)OOC1(O2)C2CC3CC(C2)CC1C3.O=C(O)C[C@@H]1CCC[C@]2(C1)OOC1(O2)C2CC3CC(C2)CC1C3. The molecule has 12 heteroatoms. The van der Waals surface area contributed by atoms with Gasteiger partial charge >= 0.3 is 18.1 Å². The van der Waals surface area contributed by atoms with E-state index in [1.54, 1.807) is 6.92 Å². The standard InChI is InChI=1S/C21H30O7.C18H26O5.4CH4/c1-2-24-19(23)25-18(22)11-13-4-3-5-20(12-13)26-21(28-27-20)16-7-14-6-15(9-16)10-17(21)8-14;19-16(20)9-11-2-1-3-17(10-11)21-18(23-22-17)14-5-12-4-13(7-14)8-15(18)6-12;;;;/h13-17H,2-12H2,1H3;11-15H,1-10H2,(H,19,20);4*1H4/t13-,14?,15?,16?,17?,20+,21?;11-,12?,13?,14?,15?,17+,18?;;;;/m00..../s1. The van der Waals surface area contributed by atoms with E-state index >= 15 is 0 Å². The number of rotatable bonds is 5. The minimum absolute atomic E-state index is 0. The highest BCUT2D eigenvalue weighted by atomic mass is 17.3. The molecule has 0 unspecified atom stereocenters. The van der Waals surface area contributed by atoms with Crippen LogP contribution in [0.3, 0.4) is 0 Å². The highest BCUT2D eigenvalue weighted by Crippen LogP contribution is 2.65. The molecule has 12 rings (SSSR count). The molecule has 12 fully saturated rings. The molecule has 4 atom stereocenters. The predicted octanol–water partition coefficient (Wildman–Crippen LogP) is 10.1. The number of carbonyl (C=O) groups excluding carboxylic acids is 2. The molecule has 2 heterocycles. The molecular weight excluding hydrogens is 708 g/mol. The molecule has 12 nitrogen and oxygen atoms in total. The molecule has 12 aliphatic rings. The largest absolute Gasteiger partial charge is 0.516 e. The van der Waals surface area contributed by atoms with E-state index in [2.05, 4.69) is 4.74 Å². The summed E-state index contributed by atoms with van der Waals surface area (Å²) < 4.78 is 22.7. The van der Waals surface area contributed by atoms with Gasteiger partial charge in [-0.2, -0.15) is 19.6 Å². The Morgan fingerprint density at radius 1 is 0.600 bits per heavy atom. The van der Waals surface area contributed by atoms with E-state index in [1.165, 1.54) is 64.2 Å². The van der Waals surface area contributed by atoms with Crippen molar-refractivity contribution in [3.63, 3.8) is 0 Å². The summed E-state index contributed by atoms with van der Waals surface area (Å²) in [6.45, 7) is 1.86. The summed E-state index contributed by atoms with van der Waals surface area (Å²) in [7, 11) is 0. The number of hydrogen-bond donors (Lipinski definition) is 1. The maximum Gasteiger partial charge on any atom is 0.516 e. The van der Waals surface area contributed by atoms with Crippen LogP contribution in [0, 0.1) is 59.2 Å². The first-order valence-electron chi connectivity index (χ1n) is 20.3. The number of carbonyl (C=O) groups is 3. The van der Waals surface area contributed by atoms with Gasteiger partial charge in [-0.15, -0.1) is 0 Å². The van der Waals surface area contributed by atoms with Crippen LogP contribution in [0.25, 0.3) is 0 Å². The topological polar surface area (TPSA) is 145 Å². The number of carboxylic acid groups (broad SMARTS) is 1. The fourth-order valence-corrected chi connectivity index (χ4v) is 13.3. The molecule has 0 amide bonds. The molecule has 10 saturated carbocycles. The van der Waals surface area contributed by atoms with Crippen molar-refractivity contribution in [3.8, 4) is 0 Å². The number of aliphatic carboxylic acids is 1. The molecule has 0 aromatic rings. The molecule has 0 aromatic heterocycles. The van der Waals surface area contributed by atoms with Crippen LogP contribution in [-0.4, -0.2) is 53.0 Å². The number of ether oxygens (including phenoxy) is 4. The molecule has 0 radical (unpaired) electrons. The van der Waals surface area contributed by atoms with Gasteiger partial charge in [0, 0.05) is 62.2 Å². The van der Waals surface area contributed by atoms with E-state index in [4.69, 9.17) is 38.9 Å². The van der Waals surface area contributed by atoms with Crippen LogP contribution < -0.4 is 0 Å². The first-order chi connectivity index (χ1) is 24.6. The minimum Gasteiger partial charge on any atom is -0.481 e. The summed E-state index contributed by atoms with van der Waals surface area (Å²) in [6.07, 6.45) is 18.4. The fourth-order valence-electron chi connectivity index (χ4n) is 13.3. The highest BCUT2D eigenvalue weighted by Gasteiger charge is 2.68. The van der Waals surface area contributed by atoms with E-state index < -0.39 is 41.2 Å². The van der Waals surface area contributed by atoms with Crippen LogP contribution >= 0.6 is 0 Å². The van der Waals surface area contributed by atoms with Crippen LogP contribution in [0.2, 0.25) is 0 Å². The molecule has 2 aliphatic heterocycles. The molecule has 2 saturated heterocycles. The van der Waals surface area contributed by atoms with Crippen molar-refractivity contribution >= 4 is 18.1 Å². The highest BCUT2D eigenvalue weighted by molar-refractivity contribution is 5.81. The maximum absolute atomic E-state index is 12.1. The Labute approximate surface area is 329 Å². The summed E-state index contributed by atoms with van der Waals surface area (Å²) in [6, 6.07) is 0. The molecular formula is C43H72O12. The Bertz CT molecular complexity index is 1310. The van der Waals surface area contributed by atoms with Gasteiger partial charge in [0.05, 0.1) is 6.61 Å². The van der Waals surface area contributed by atoms with E-state index in [0.717, 1.165) is 62.2 Å². The van der Waals surface area contributed by atoms with Gasteiger partial charge in [0.25, 0.3) is 0 Å². The Balaban J connectivity index is 0.000000200. The van der Waals surface area contributed by atoms with Crippen molar-refractivity contribution in [1.82, 2.24) is 0 Å². The zero-order chi connectivity index (χ0) is 35.0. The van der Waals surface area contributed by atoms with Gasteiger partial charge in [0.1, 0.15) is 0 Å². The first-order valence-corrected chi connectivity index (χ1v) is 20.3. The van der Waals surface area contributed by atoms with Gasteiger partial charge in [-0.05, 0) is 132 Å². The summed E-state index contributed by atoms with van der Waals surface area (Å²) in [5, 5.41) is 9.09. The van der Waals surface area contributed by atoms with E-state index in [0.29, 0.717) is 36.5 Å². The van der Waals surface area contributed by atoms with Gasteiger partial charge in [-0.25, -0.2) is 4.79 Å². The normalized spacial score (nSPS) is 46.2.